The van der Waals surface area contributed by atoms with E-state index < -0.39 is 5.97 Å². The Bertz CT molecular complexity index is 301. The van der Waals surface area contributed by atoms with Gasteiger partial charge < -0.3 is 33.5 Å². The van der Waals surface area contributed by atoms with Gasteiger partial charge in [0.25, 0.3) is 0 Å². The Labute approximate surface area is 163 Å². The van der Waals surface area contributed by atoms with Crippen LogP contribution in [0.1, 0.15) is 39.0 Å². The summed E-state index contributed by atoms with van der Waals surface area (Å²) in [7, 11) is 0. The molecule has 0 radical (unpaired) electrons. The summed E-state index contributed by atoms with van der Waals surface area (Å²) in [5, 5.41) is 8.37. The third-order valence-corrected chi connectivity index (χ3v) is 3.48. The van der Waals surface area contributed by atoms with E-state index in [1.807, 2.05) is 0 Å². The fourth-order valence-corrected chi connectivity index (χ4v) is 2.07. The number of ether oxygens (including phenoxy) is 6. The summed E-state index contributed by atoms with van der Waals surface area (Å²) < 4.78 is 31.7. The molecule has 0 aromatic heterocycles. The number of hydrogen-bond acceptors (Lipinski definition) is 7. The van der Waals surface area contributed by atoms with Crippen molar-refractivity contribution in [3.05, 3.63) is 0 Å². The Hall–Kier alpha value is -0.770. The second kappa shape index (κ2) is 23.3. The van der Waals surface area contributed by atoms with Crippen LogP contribution in [0.3, 0.4) is 0 Å². The highest BCUT2D eigenvalue weighted by molar-refractivity contribution is 5.67. The molecule has 0 fully saturated rings. The van der Waals surface area contributed by atoms with Crippen LogP contribution in [0, 0.1) is 0 Å². The number of carboxylic acids is 1. The minimum absolute atomic E-state index is 0.263. The predicted octanol–water partition coefficient (Wildman–Crippen LogP) is 2.14. The summed E-state index contributed by atoms with van der Waals surface area (Å²) in [6, 6.07) is 0. The fourth-order valence-electron chi connectivity index (χ4n) is 2.07. The molecule has 27 heavy (non-hydrogen) atoms. The van der Waals surface area contributed by atoms with E-state index in [2.05, 4.69) is 6.92 Å². The number of carboxylic acid groups (broad SMARTS) is 1. The third-order valence-electron chi connectivity index (χ3n) is 3.48. The van der Waals surface area contributed by atoms with E-state index >= 15 is 0 Å². The molecule has 0 aliphatic heterocycles. The lowest BCUT2D eigenvalue weighted by molar-refractivity contribution is -0.142. The largest absolute Gasteiger partial charge is 0.480 e. The van der Waals surface area contributed by atoms with Crippen LogP contribution >= 0.6 is 0 Å². The maximum Gasteiger partial charge on any atom is 0.329 e. The topological polar surface area (TPSA) is 92.7 Å². The molecule has 0 saturated heterocycles. The summed E-state index contributed by atoms with van der Waals surface area (Å²) in [5.74, 6) is -0.981. The smallest absolute Gasteiger partial charge is 0.329 e. The number of carbonyl (C=O) groups is 1. The zero-order valence-corrected chi connectivity index (χ0v) is 16.8. The molecular weight excluding hydrogens is 356 g/mol. The summed E-state index contributed by atoms with van der Waals surface area (Å²) in [4.78, 5) is 10.2. The molecule has 8 nitrogen and oxygen atoms in total. The van der Waals surface area contributed by atoms with E-state index in [0.29, 0.717) is 59.5 Å². The highest BCUT2D eigenvalue weighted by Gasteiger charge is 1.96. The Morgan fingerprint density at radius 3 is 1.33 bits per heavy atom. The van der Waals surface area contributed by atoms with Crippen LogP contribution in [0.2, 0.25) is 0 Å². The maximum atomic E-state index is 10.2. The van der Waals surface area contributed by atoms with E-state index in [9.17, 15) is 4.79 Å². The average molecular weight is 395 g/mol. The van der Waals surface area contributed by atoms with Crippen molar-refractivity contribution in [3.8, 4) is 0 Å². The normalized spacial score (nSPS) is 11.1. The molecular formula is C19H38O8. The monoisotopic (exact) mass is 394 g/mol. The predicted molar refractivity (Wildman–Crippen MR) is 101 cm³/mol. The van der Waals surface area contributed by atoms with Gasteiger partial charge in [-0.3, -0.25) is 0 Å². The van der Waals surface area contributed by atoms with Crippen LogP contribution in [-0.4, -0.2) is 90.4 Å². The average Bonchev–Trinajstić information content (AvgIpc) is 2.65. The molecule has 0 aliphatic carbocycles. The summed E-state index contributed by atoms with van der Waals surface area (Å²) in [6.07, 6.45) is 6.26. The first-order valence-corrected chi connectivity index (χ1v) is 9.95. The third kappa shape index (κ3) is 25.2. The van der Waals surface area contributed by atoms with E-state index in [1.165, 1.54) is 25.7 Å². The second-order valence-electron chi connectivity index (χ2n) is 5.92. The first kappa shape index (κ1) is 26.2. The van der Waals surface area contributed by atoms with Crippen LogP contribution in [-0.2, 0) is 33.2 Å². The maximum absolute atomic E-state index is 10.2. The minimum atomic E-state index is -0.981. The van der Waals surface area contributed by atoms with Gasteiger partial charge in [0.05, 0.1) is 66.1 Å². The van der Waals surface area contributed by atoms with Crippen molar-refractivity contribution < 1.29 is 38.3 Å². The van der Waals surface area contributed by atoms with Crippen molar-refractivity contribution in [2.24, 2.45) is 0 Å². The molecule has 162 valence electrons. The molecule has 0 aromatic carbocycles. The van der Waals surface area contributed by atoms with Gasteiger partial charge in [-0.2, -0.15) is 0 Å². The van der Waals surface area contributed by atoms with Crippen LogP contribution < -0.4 is 0 Å². The van der Waals surface area contributed by atoms with Gasteiger partial charge in [0.1, 0.15) is 6.61 Å². The second-order valence-corrected chi connectivity index (χ2v) is 5.92. The molecule has 0 aliphatic rings. The van der Waals surface area contributed by atoms with Crippen molar-refractivity contribution in [1.29, 1.82) is 0 Å². The van der Waals surface area contributed by atoms with Gasteiger partial charge in [-0.25, -0.2) is 4.79 Å². The number of rotatable bonds is 23. The SMILES string of the molecule is CCCCCCCOCCOCCOCCOCCOCCOCC(=O)O. The Morgan fingerprint density at radius 2 is 0.926 bits per heavy atom. The lowest BCUT2D eigenvalue weighted by Crippen LogP contribution is -2.15. The lowest BCUT2D eigenvalue weighted by Gasteiger charge is -2.08. The van der Waals surface area contributed by atoms with Crippen LogP contribution in [0.25, 0.3) is 0 Å². The Balaban J connectivity index is 2.98. The number of aliphatic carboxylic acids is 1. The van der Waals surface area contributed by atoms with Gasteiger partial charge in [-0.05, 0) is 6.42 Å². The summed E-state index contributed by atoms with van der Waals surface area (Å²) in [6.45, 7) is 7.61. The van der Waals surface area contributed by atoms with Crippen molar-refractivity contribution in [3.63, 3.8) is 0 Å². The Morgan fingerprint density at radius 1 is 0.556 bits per heavy atom. The molecule has 0 aromatic rings. The first-order chi connectivity index (χ1) is 13.3. The quantitative estimate of drug-likeness (QED) is 0.264. The van der Waals surface area contributed by atoms with Crippen molar-refractivity contribution in [1.82, 2.24) is 0 Å². The van der Waals surface area contributed by atoms with Crippen molar-refractivity contribution in [2.75, 3.05) is 79.3 Å². The Kier molecular flexibility index (Phi) is 22.6. The zero-order valence-electron chi connectivity index (χ0n) is 16.8. The molecule has 0 amide bonds. The molecule has 1 N–H and O–H groups in total. The number of unbranched alkanes of at least 4 members (excludes halogenated alkanes) is 4. The summed E-state index contributed by atoms with van der Waals surface area (Å²) in [5.41, 5.74) is 0. The lowest BCUT2D eigenvalue weighted by atomic mass is 10.2. The van der Waals surface area contributed by atoms with Gasteiger partial charge >= 0.3 is 5.97 Å². The van der Waals surface area contributed by atoms with E-state index in [1.54, 1.807) is 0 Å². The standard InChI is InChI=1S/C19H38O8/c1-2-3-4-5-6-7-22-8-9-23-10-11-24-12-13-25-14-15-26-16-17-27-18-19(20)21/h2-18H2,1H3,(H,20,21). The van der Waals surface area contributed by atoms with E-state index in [4.69, 9.17) is 33.5 Å². The van der Waals surface area contributed by atoms with Crippen LogP contribution in [0.15, 0.2) is 0 Å². The van der Waals surface area contributed by atoms with E-state index in [0.717, 1.165) is 13.0 Å². The minimum Gasteiger partial charge on any atom is -0.480 e. The molecule has 0 saturated carbocycles. The van der Waals surface area contributed by atoms with Gasteiger partial charge in [0, 0.05) is 6.61 Å². The van der Waals surface area contributed by atoms with Gasteiger partial charge in [-0.15, -0.1) is 0 Å². The summed E-state index contributed by atoms with van der Waals surface area (Å²) >= 11 is 0. The van der Waals surface area contributed by atoms with Crippen molar-refractivity contribution in [2.45, 2.75) is 39.0 Å². The molecule has 0 bridgehead atoms. The van der Waals surface area contributed by atoms with Gasteiger partial charge in [-0.1, -0.05) is 32.6 Å². The highest BCUT2D eigenvalue weighted by Crippen LogP contribution is 2.02. The zero-order chi connectivity index (χ0) is 19.8. The van der Waals surface area contributed by atoms with Crippen LogP contribution in [0.5, 0.6) is 0 Å². The number of hydrogen-bond donors (Lipinski definition) is 1. The molecule has 0 spiro atoms. The van der Waals surface area contributed by atoms with Gasteiger partial charge in [0.2, 0.25) is 0 Å². The molecule has 0 rings (SSSR count). The fraction of sp³-hybridized carbons (Fsp3) is 0.947. The first-order valence-electron chi connectivity index (χ1n) is 9.95. The molecule has 0 unspecified atom stereocenters. The molecule has 0 heterocycles. The highest BCUT2D eigenvalue weighted by atomic mass is 16.6. The molecule has 0 atom stereocenters. The van der Waals surface area contributed by atoms with Gasteiger partial charge in [0.15, 0.2) is 0 Å². The van der Waals surface area contributed by atoms with Crippen molar-refractivity contribution >= 4 is 5.97 Å². The van der Waals surface area contributed by atoms with Crippen LogP contribution in [0.4, 0.5) is 0 Å². The van der Waals surface area contributed by atoms with E-state index in [-0.39, 0.29) is 13.2 Å². The molecule has 8 heteroatoms.